The van der Waals surface area contributed by atoms with E-state index in [9.17, 15) is 13.2 Å². The van der Waals surface area contributed by atoms with Crippen LogP contribution in [-0.2, 0) is 10.0 Å². The quantitative estimate of drug-likeness (QED) is 0.543. The summed E-state index contributed by atoms with van der Waals surface area (Å²) < 4.78 is 27.7. The number of aromatic nitrogens is 3. The molecule has 1 fully saturated rings. The van der Waals surface area contributed by atoms with Crippen molar-refractivity contribution in [3.63, 3.8) is 0 Å². The van der Waals surface area contributed by atoms with Crippen molar-refractivity contribution in [2.45, 2.75) is 32.7 Å². The fourth-order valence-electron chi connectivity index (χ4n) is 3.99. The van der Waals surface area contributed by atoms with E-state index in [1.807, 2.05) is 13.0 Å². The number of hydrogen-bond acceptors (Lipinski definition) is 5. The molecule has 32 heavy (non-hydrogen) atoms. The van der Waals surface area contributed by atoms with Gasteiger partial charge >= 0.3 is 0 Å². The van der Waals surface area contributed by atoms with Crippen molar-refractivity contribution in [3.8, 4) is 0 Å². The number of anilines is 1. The Balaban J connectivity index is 1.75. The Morgan fingerprint density at radius 1 is 1.22 bits per heavy atom. The number of nitrogens with zero attached hydrogens (tertiary/aromatic N) is 4. The van der Waals surface area contributed by atoms with E-state index in [0.717, 1.165) is 24.7 Å². The minimum absolute atomic E-state index is 0.193. The van der Waals surface area contributed by atoms with Gasteiger partial charge in [-0.15, -0.1) is 0 Å². The van der Waals surface area contributed by atoms with Gasteiger partial charge < -0.3 is 4.90 Å². The molecule has 0 aliphatic carbocycles. The second-order valence-electron chi connectivity index (χ2n) is 8.31. The monoisotopic (exact) mass is 495 g/mol. The van der Waals surface area contributed by atoms with E-state index in [0.29, 0.717) is 28.1 Å². The van der Waals surface area contributed by atoms with E-state index in [1.165, 1.54) is 12.1 Å². The Labute approximate surface area is 196 Å². The molecule has 1 amide bonds. The van der Waals surface area contributed by atoms with Crippen molar-refractivity contribution in [2.75, 3.05) is 17.5 Å². The van der Waals surface area contributed by atoms with Gasteiger partial charge in [0, 0.05) is 29.4 Å². The number of sulfonamides is 1. The van der Waals surface area contributed by atoms with Crippen LogP contribution in [-0.4, -0.2) is 46.6 Å². The number of aryl methyl sites for hydroxylation is 1. The summed E-state index contributed by atoms with van der Waals surface area (Å²) >= 11 is 12.3. The van der Waals surface area contributed by atoms with Crippen LogP contribution in [0.1, 0.15) is 47.4 Å². The molecule has 2 atom stereocenters. The molecule has 0 radical (unpaired) electrons. The number of nitrogens with one attached hydrogen (secondary N) is 1. The molecule has 2 aromatic heterocycles. The van der Waals surface area contributed by atoms with Crippen molar-refractivity contribution < 1.29 is 13.2 Å². The third-order valence-electron chi connectivity index (χ3n) is 5.52. The maximum atomic E-state index is 13.7. The van der Waals surface area contributed by atoms with Crippen LogP contribution < -0.4 is 4.72 Å². The summed E-state index contributed by atoms with van der Waals surface area (Å²) in [6.45, 7) is 4.44. The van der Waals surface area contributed by atoms with Gasteiger partial charge in [0.15, 0.2) is 5.65 Å². The van der Waals surface area contributed by atoms with Crippen LogP contribution in [0.3, 0.4) is 0 Å². The van der Waals surface area contributed by atoms with Gasteiger partial charge in [0.25, 0.3) is 5.91 Å². The number of halogens is 2. The lowest BCUT2D eigenvalue weighted by Crippen LogP contribution is -2.42. The molecule has 1 aliphatic heterocycles. The molecule has 4 rings (SSSR count). The molecular weight excluding hydrogens is 473 g/mol. The van der Waals surface area contributed by atoms with Crippen LogP contribution >= 0.6 is 23.2 Å². The fraction of sp³-hybridized carbons (Fsp3) is 0.381. The standard InChI is InChI=1S/C21H23Cl2N5O3S/c1-12-4-7-18(17-9-19-24-20(23)13(2)11-28(19)25-17)27(10-12)21(29)15-8-14(22)5-6-16(15)26-32(3,30)31/h5-6,8-9,11-12,18,26H,4,7,10H2,1-3H3. The van der Waals surface area contributed by atoms with Crippen molar-refractivity contribution in [1.29, 1.82) is 0 Å². The van der Waals surface area contributed by atoms with Crippen LogP contribution in [0.5, 0.6) is 0 Å². The largest absolute Gasteiger partial charge is 0.330 e. The number of carbonyl (C=O) groups excluding carboxylic acids is 1. The van der Waals surface area contributed by atoms with Crippen molar-refractivity contribution in [2.24, 2.45) is 5.92 Å². The topological polar surface area (TPSA) is 96.7 Å². The highest BCUT2D eigenvalue weighted by atomic mass is 35.5. The number of piperidine rings is 1. The van der Waals surface area contributed by atoms with E-state index in [-0.39, 0.29) is 29.1 Å². The summed E-state index contributed by atoms with van der Waals surface area (Å²) in [5.74, 6) is -0.0259. The molecule has 1 aliphatic rings. The molecule has 170 valence electrons. The molecule has 11 heteroatoms. The normalized spacial score (nSPS) is 19.3. The Hall–Kier alpha value is -2.36. The first kappa shape index (κ1) is 22.8. The predicted molar refractivity (Wildman–Crippen MR) is 125 cm³/mol. The minimum Gasteiger partial charge on any atom is -0.330 e. The average molecular weight is 496 g/mol. The van der Waals surface area contributed by atoms with Gasteiger partial charge in [0.05, 0.1) is 29.2 Å². The first-order valence-electron chi connectivity index (χ1n) is 10.1. The van der Waals surface area contributed by atoms with E-state index in [2.05, 4.69) is 21.7 Å². The Morgan fingerprint density at radius 2 is 1.97 bits per heavy atom. The second-order valence-corrected chi connectivity index (χ2v) is 10.8. The predicted octanol–water partition coefficient (Wildman–Crippen LogP) is 4.33. The van der Waals surface area contributed by atoms with E-state index >= 15 is 0 Å². The van der Waals surface area contributed by atoms with Gasteiger partial charge in [-0.2, -0.15) is 5.10 Å². The zero-order chi connectivity index (χ0) is 23.2. The molecule has 0 bridgehead atoms. The van der Waals surface area contributed by atoms with Crippen LogP contribution in [0.25, 0.3) is 5.65 Å². The van der Waals surface area contributed by atoms with Gasteiger partial charge in [0.1, 0.15) is 5.15 Å². The maximum absolute atomic E-state index is 13.7. The van der Waals surface area contributed by atoms with Crippen molar-refractivity contribution >= 4 is 50.5 Å². The van der Waals surface area contributed by atoms with Crippen LogP contribution in [0.2, 0.25) is 10.2 Å². The highest BCUT2D eigenvalue weighted by Gasteiger charge is 2.34. The number of fused-ring (bicyclic) bond motifs is 1. The van der Waals surface area contributed by atoms with E-state index < -0.39 is 10.0 Å². The fourth-order valence-corrected chi connectivity index (χ4v) is 4.88. The number of hydrogen-bond donors (Lipinski definition) is 1. The third kappa shape index (κ3) is 4.69. The van der Waals surface area contributed by atoms with Gasteiger partial charge in [-0.25, -0.2) is 17.9 Å². The Kier molecular flexibility index (Phi) is 6.08. The smallest absolute Gasteiger partial charge is 0.256 e. The van der Waals surface area contributed by atoms with Crippen LogP contribution in [0.4, 0.5) is 5.69 Å². The zero-order valence-electron chi connectivity index (χ0n) is 17.8. The molecule has 1 N–H and O–H groups in total. The molecular formula is C21H23Cl2N5O3S. The SMILES string of the molecule is Cc1cn2nc(C3CCC(C)CN3C(=O)c3cc(Cl)ccc3NS(C)(=O)=O)cc2nc1Cl. The van der Waals surface area contributed by atoms with Crippen molar-refractivity contribution in [3.05, 3.63) is 57.5 Å². The first-order chi connectivity index (χ1) is 15.0. The van der Waals surface area contributed by atoms with Gasteiger partial charge in [0.2, 0.25) is 10.0 Å². The third-order valence-corrected chi connectivity index (χ3v) is 6.72. The molecule has 1 saturated heterocycles. The first-order valence-corrected chi connectivity index (χ1v) is 12.8. The minimum atomic E-state index is -3.58. The van der Waals surface area contributed by atoms with Crippen LogP contribution in [0.15, 0.2) is 30.5 Å². The Morgan fingerprint density at radius 3 is 2.69 bits per heavy atom. The lowest BCUT2D eigenvalue weighted by atomic mass is 9.91. The molecule has 3 aromatic rings. The summed E-state index contributed by atoms with van der Waals surface area (Å²) in [4.78, 5) is 19.8. The van der Waals surface area contributed by atoms with E-state index in [1.54, 1.807) is 21.7 Å². The lowest BCUT2D eigenvalue weighted by molar-refractivity contribution is 0.0538. The summed E-state index contributed by atoms with van der Waals surface area (Å²) in [5, 5.41) is 5.40. The van der Waals surface area contributed by atoms with Gasteiger partial charge in [-0.05, 0) is 43.9 Å². The summed E-state index contributed by atoms with van der Waals surface area (Å²) in [6, 6.07) is 6.08. The summed E-state index contributed by atoms with van der Waals surface area (Å²) in [6.07, 6.45) is 4.49. The molecule has 0 saturated carbocycles. The van der Waals surface area contributed by atoms with E-state index in [4.69, 9.17) is 23.2 Å². The molecule has 0 spiro atoms. The highest BCUT2D eigenvalue weighted by Crippen LogP contribution is 2.36. The summed E-state index contributed by atoms with van der Waals surface area (Å²) in [5.41, 5.74) is 2.50. The molecule has 1 aromatic carbocycles. The van der Waals surface area contributed by atoms with Gasteiger partial charge in [-0.3, -0.25) is 9.52 Å². The number of carbonyl (C=O) groups is 1. The molecule has 3 heterocycles. The number of rotatable bonds is 4. The zero-order valence-corrected chi connectivity index (χ0v) is 20.2. The number of likely N-dealkylation sites (tertiary alicyclic amines) is 1. The average Bonchev–Trinajstić information content (AvgIpc) is 3.10. The second kappa shape index (κ2) is 8.53. The number of amides is 1. The molecule has 8 nitrogen and oxygen atoms in total. The number of benzene rings is 1. The lowest BCUT2D eigenvalue weighted by Gasteiger charge is -2.38. The van der Waals surface area contributed by atoms with Crippen molar-refractivity contribution in [1.82, 2.24) is 19.5 Å². The highest BCUT2D eigenvalue weighted by molar-refractivity contribution is 7.92. The summed E-state index contributed by atoms with van der Waals surface area (Å²) in [7, 11) is -3.58. The van der Waals surface area contributed by atoms with Gasteiger partial charge in [-0.1, -0.05) is 30.1 Å². The Bertz CT molecular complexity index is 1270. The van der Waals surface area contributed by atoms with Crippen LogP contribution in [0, 0.1) is 12.8 Å². The maximum Gasteiger partial charge on any atom is 0.256 e. The molecule has 2 unspecified atom stereocenters.